The number of ether oxygens (including phenoxy) is 2. The number of unbranched alkanes of at least 4 members (excludes halogenated alkanes) is 1. The average Bonchev–Trinajstić information content (AvgIpc) is 3.13. The highest BCUT2D eigenvalue weighted by molar-refractivity contribution is 6.30. The molecule has 0 fully saturated rings. The van der Waals surface area contributed by atoms with Crippen molar-refractivity contribution in [2.45, 2.75) is 19.4 Å². The number of rotatable bonds is 8. The molecule has 0 saturated carbocycles. The molecular weight excluding hydrogens is 384 g/mol. The molecule has 0 bridgehead atoms. The van der Waals surface area contributed by atoms with Crippen molar-refractivity contribution < 1.29 is 9.47 Å². The van der Waals surface area contributed by atoms with Gasteiger partial charge in [0.1, 0.15) is 17.3 Å². The molecule has 0 radical (unpaired) electrons. The Labute approximate surface area is 175 Å². The fourth-order valence-electron chi connectivity index (χ4n) is 3.36. The van der Waals surface area contributed by atoms with E-state index in [9.17, 15) is 0 Å². The lowest BCUT2D eigenvalue weighted by atomic mass is 10.2. The minimum absolute atomic E-state index is 0.676. The van der Waals surface area contributed by atoms with E-state index < -0.39 is 0 Å². The number of nitrogens with zero attached hydrogens (tertiary/aromatic N) is 2. The highest BCUT2D eigenvalue weighted by Crippen LogP contribution is 2.26. The summed E-state index contributed by atoms with van der Waals surface area (Å²) >= 11 is 6.06. The van der Waals surface area contributed by atoms with Crippen molar-refractivity contribution >= 4 is 22.6 Å². The van der Waals surface area contributed by atoms with E-state index >= 15 is 0 Å². The minimum atomic E-state index is 0.676. The highest BCUT2D eigenvalue weighted by atomic mass is 35.5. The lowest BCUT2D eigenvalue weighted by Crippen LogP contribution is -2.04. The predicted molar refractivity (Wildman–Crippen MR) is 118 cm³/mol. The van der Waals surface area contributed by atoms with Crippen molar-refractivity contribution in [2.75, 3.05) is 13.7 Å². The van der Waals surface area contributed by atoms with Crippen molar-refractivity contribution in [1.82, 2.24) is 9.55 Å². The number of para-hydroxylation sites is 2. The van der Waals surface area contributed by atoms with Gasteiger partial charge in [-0.2, -0.15) is 0 Å². The monoisotopic (exact) mass is 406 g/mol. The summed E-state index contributed by atoms with van der Waals surface area (Å²) in [6.45, 7) is 1.56. The van der Waals surface area contributed by atoms with Crippen molar-refractivity contribution in [2.24, 2.45) is 0 Å². The maximum absolute atomic E-state index is 6.06. The van der Waals surface area contributed by atoms with Crippen molar-refractivity contribution in [3.8, 4) is 22.9 Å². The van der Waals surface area contributed by atoms with E-state index in [0.717, 1.165) is 58.3 Å². The van der Waals surface area contributed by atoms with Crippen LogP contribution < -0.4 is 9.47 Å². The summed E-state index contributed by atoms with van der Waals surface area (Å²) < 4.78 is 13.3. The fraction of sp³-hybridized carbons (Fsp3) is 0.208. The molecule has 0 aliphatic carbocycles. The van der Waals surface area contributed by atoms with Crippen LogP contribution >= 0.6 is 11.6 Å². The van der Waals surface area contributed by atoms with Gasteiger partial charge >= 0.3 is 0 Å². The van der Waals surface area contributed by atoms with Gasteiger partial charge in [0.2, 0.25) is 0 Å². The Morgan fingerprint density at radius 1 is 0.862 bits per heavy atom. The van der Waals surface area contributed by atoms with Crippen LogP contribution in [-0.4, -0.2) is 23.3 Å². The van der Waals surface area contributed by atoms with Gasteiger partial charge in [-0.05, 0) is 73.5 Å². The second kappa shape index (κ2) is 9.01. The molecule has 1 heterocycles. The summed E-state index contributed by atoms with van der Waals surface area (Å²) in [5, 5.41) is 0.729. The van der Waals surface area contributed by atoms with E-state index in [1.165, 1.54) is 0 Å². The summed E-state index contributed by atoms with van der Waals surface area (Å²) in [5.41, 5.74) is 3.22. The lowest BCUT2D eigenvalue weighted by molar-refractivity contribution is 0.303. The number of benzene rings is 3. The Hall–Kier alpha value is -2.98. The van der Waals surface area contributed by atoms with Gasteiger partial charge < -0.3 is 14.0 Å². The van der Waals surface area contributed by atoms with Gasteiger partial charge in [-0.15, -0.1) is 0 Å². The second-order valence-electron chi connectivity index (χ2n) is 6.81. The molecule has 0 unspecified atom stereocenters. The quantitative estimate of drug-likeness (QED) is 0.326. The van der Waals surface area contributed by atoms with E-state index in [4.69, 9.17) is 26.1 Å². The first-order valence-electron chi connectivity index (χ1n) is 9.72. The van der Waals surface area contributed by atoms with Crippen LogP contribution in [0, 0.1) is 0 Å². The zero-order valence-electron chi connectivity index (χ0n) is 16.3. The van der Waals surface area contributed by atoms with E-state index in [-0.39, 0.29) is 0 Å². The zero-order valence-corrected chi connectivity index (χ0v) is 17.1. The van der Waals surface area contributed by atoms with Gasteiger partial charge in [0.05, 0.1) is 24.8 Å². The summed E-state index contributed by atoms with van der Waals surface area (Å²) in [4.78, 5) is 4.85. The standard InChI is InChI=1S/C24H23ClN2O2/c1-28-20-12-14-21(15-13-20)29-17-5-4-16-27-23-7-3-2-6-22(23)26-24(27)18-8-10-19(25)11-9-18/h2-3,6-15H,4-5,16-17H2,1H3. The molecule has 148 valence electrons. The van der Waals surface area contributed by atoms with Crippen LogP contribution in [0.25, 0.3) is 22.4 Å². The normalized spacial score (nSPS) is 11.0. The minimum Gasteiger partial charge on any atom is -0.497 e. The number of fused-ring (bicyclic) bond motifs is 1. The third-order valence-corrected chi connectivity index (χ3v) is 5.11. The van der Waals surface area contributed by atoms with Gasteiger partial charge in [-0.25, -0.2) is 4.98 Å². The number of aromatic nitrogens is 2. The van der Waals surface area contributed by atoms with Crippen LogP contribution in [0.3, 0.4) is 0 Å². The number of halogens is 1. The van der Waals surface area contributed by atoms with Gasteiger partial charge in [0.25, 0.3) is 0 Å². The Morgan fingerprint density at radius 3 is 2.34 bits per heavy atom. The second-order valence-corrected chi connectivity index (χ2v) is 7.25. The maximum atomic E-state index is 6.06. The number of imidazole rings is 1. The van der Waals surface area contributed by atoms with Crippen molar-refractivity contribution in [3.05, 3.63) is 77.8 Å². The first-order chi connectivity index (χ1) is 14.2. The van der Waals surface area contributed by atoms with E-state index in [0.29, 0.717) is 6.61 Å². The van der Waals surface area contributed by atoms with Crippen LogP contribution in [-0.2, 0) is 6.54 Å². The average molecular weight is 407 g/mol. The molecule has 4 aromatic rings. The molecule has 1 aromatic heterocycles. The van der Waals surface area contributed by atoms with Crippen molar-refractivity contribution in [1.29, 1.82) is 0 Å². The van der Waals surface area contributed by atoms with Crippen LogP contribution in [0.4, 0.5) is 0 Å². The molecule has 5 heteroatoms. The Kier molecular flexibility index (Phi) is 6.01. The van der Waals surface area contributed by atoms with E-state index in [1.54, 1.807) is 7.11 Å². The topological polar surface area (TPSA) is 36.3 Å². The summed E-state index contributed by atoms with van der Waals surface area (Å²) in [6, 6.07) is 23.8. The van der Waals surface area contributed by atoms with E-state index in [1.807, 2.05) is 54.6 Å². The van der Waals surface area contributed by atoms with Crippen molar-refractivity contribution in [3.63, 3.8) is 0 Å². The van der Waals surface area contributed by atoms with Gasteiger partial charge in [0, 0.05) is 17.1 Å². The molecule has 0 aliphatic rings. The van der Waals surface area contributed by atoms with Crippen LogP contribution in [0.1, 0.15) is 12.8 Å². The molecule has 0 aliphatic heterocycles. The Balaban J connectivity index is 1.43. The molecule has 0 atom stereocenters. The SMILES string of the molecule is COc1ccc(OCCCCn2c(-c3ccc(Cl)cc3)nc3ccccc32)cc1. The largest absolute Gasteiger partial charge is 0.497 e. The molecule has 0 spiro atoms. The Bertz CT molecular complexity index is 1070. The third kappa shape index (κ3) is 4.54. The molecule has 29 heavy (non-hydrogen) atoms. The first kappa shape index (κ1) is 19.3. The number of aryl methyl sites for hydroxylation is 1. The van der Waals surface area contributed by atoms with Crippen LogP contribution in [0.5, 0.6) is 11.5 Å². The molecular formula is C24H23ClN2O2. The molecule has 3 aromatic carbocycles. The summed E-state index contributed by atoms with van der Waals surface area (Å²) in [5.74, 6) is 2.67. The van der Waals surface area contributed by atoms with Gasteiger partial charge in [0.15, 0.2) is 0 Å². The fourth-order valence-corrected chi connectivity index (χ4v) is 3.48. The third-order valence-electron chi connectivity index (χ3n) is 4.86. The lowest BCUT2D eigenvalue weighted by Gasteiger charge is -2.11. The molecule has 4 nitrogen and oxygen atoms in total. The van der Waals surface area contributed by atoms with Crippen LogP contribution in [0.15, 0.2) is 72.8 Å². The Morgan fingerprint density at radius 2 is 1.59 bits per heavy atom. The first-order valence-corrected chi connectivity index (χ1v) is 10.1. The van der Waals surface area contributed by atoms with Gasteiger partial charge in [-0.1, -0.05) is 23.7 Å². The number of hydrogen-bond acceptors (Lipinski definition) is 3. The number of hydrogen-bond donors (Lipinski definition) is 0. The highest BCUT2D eigenvalue weighted by Gasteiger charge is 2.12. The van der Waals surface area contributed by atoms with E-state index in [2.05, 4.69) is 22.8 Å². The zero-order chi connectivity index (χ0) is 20.1. The van der Waals surface area contributed by atoms with Gasteiger partial charge in [-0.3, -0.25) is 0 Å². The summed E-state index contributed by atoms with van der Waals surface area (Å²) in [6.07, 6.45) is 1.95. The number of methoxy groups -OCH3 is 1. The molecule has 4 rings (SSSR count). The molecule has 0 N–H and O–H groups in total. The summed E-state index contributed by atoms with van der Waals surface area (Å²) in [7, 11) is 1.66. The smallest absolute Gasteiger partial charge is 0.141 e. The van der Waals surface area contributed by atoms with Crippen LogP contribution in [0.2, 0.25) is 5.02 Å². The molecule has 0 saturated heterocycles. The molecule has 0 amide bonds. The predicted octanol–water partition coefficient (Wildman–Crippen LogP) is 6.22. The maximum Gasteiger partial charge on any atom is 0.141 e.